The summed E-state index contributed by atoms with van der Waals surface area (Å²) in [5.41, 5.74) is 2.24. The van der Waals surface area contributed by atoms with Crippen LogP contribution in [0.1, 0.15) is 63.2 Å². The van der Waals surface area contributed by atoms with Crippen LogP contribution in [0.2, 0.25) is 0 Å². The summed E-state index contributed by atoms with van der Waals surface area (Å²) in [6, 6.07) is 6.76. The standard InChI is InChI=1S/C17H22BrClN2/c1-11(19)17-20-15-9-8-14(18)10-16(15)21(17)12(2)13-6-4-3-5-7-13/h8-13H,3-7H2,1-2H3. The van der Waals surface area contributed by atoms with E-state index >= 15 is 0 Å². The summed E-state index contributed by atoms with van der Waals surface area (Å²) in [7, 11) is 0. The minimum atomic E-state index is -0.0674. The van der Waals surface area contributed by atoms with E-state index in [4.69, 9.17) is 16.6 Å². The lowest BCUT2D eigenvalue weighted by atomic mass is 9.84. The molecule has 0 spiro atoms. The van der Waals surface area contributed by atoms with Crippen molar-refractivity contribution in [1.29, 1.82) is 0 Å². The van der Waals surface area contributed by atoms with Gasteiger partial charge in [0.25, 0.3) is 0 Å². The Labute approximate surface area is 140 Å². The van der Waals surface area contributed by atoms with Gasteiger partial charge in [0.15, 0.2) is 0 Å². The Morgan fingerprint density at radius 1 is 1.24 bits per heavy atom. The van der Waals surface area contributed by atoms with Crippen LogP contribution in [0.25, 0.3) is 11.0 Å². The predicted molar refractivity (Wildman–Crippen MR) is 93.0 cm³/mol. The molecule has 114 valence electrons. The van der Waals surface area contributed by atoms with E-state index < -0.39 is 0 Å². The number of alkyl halides is 1. The normalized spacial score (nSPS) is 19.8. The van der Waals surface area contributed by atoms with E-state index in [0.717, 1.165) is 21.7 Å². The number of halogens is 2. The third-order valence-corrected chi connectivity index (χ3v) is 5.46. The number of hydrogen-bond acceptors (Lipinski definition) is 1. The quantitative estimate of drug-likeness (QED) is 0.585. The highest BCUT2D eigenvalue weighted by Gasteiger charge is 2.26. The summed E-state index contributed by atoms with van der Waals surface area (Å²) in [5, 5.41) is -0.0674. The predicted octanol–water partition coefficient (Wildman–Crippen LogP) is 6.24. The minimum absolute atomic E-state index is 0.0674. The van der Waals surface area contributed by atoms with Crippen LogP contribution >= 0.6 is 27.5 Å². The number of imidazole rings is 1. The van der Waals surface area contributed by atoms with E-state index in [0.29, 0.717) is 6.04 Å². The van der Waals surface area contributed by atoms with E-state index in [2.05, 4.69) is 39.6 Å². The number of benzene rings is 1. The van der Waals surface area contributed by atoms with E-state index in [1.807, 2.05) is 13.0 Å². The Morgan fingerprint density at radius 2 is 1.95 bits per heavy atom. The van der Waals surface area contributed by atoms with Crippen molar-refractivity contribution in [2.75, 3.05) is 0 Å². The first-order chi connectivity index (χ1) is 10.1. The second-order valence-corrected chi connectivity index (χ2v) is 7.80. The maximum atomic E-state index is 6.41. The summed E-state index contributed by atoms with van der Waals surface area (Å²) in [4.78, 5) is 4.78. The molecule has 2 unspecified atom stereocenters. The van der Waals surface area contributed by atoms with Crippen molar-refractivity contribution in [1.82, 2.24) is 9.55 Å². The van der Waals surface area contributed by atoms with Crippen molar-refractivity contribution < 1.29 is 0 Å². The molecule has 1 saturated carbocycles. The lowest BCUT2D eigenvalue weighted by Gasteiger charge is -2.30. The molecule has 0 saturated heterocycles. The SMILES string of the molecule is CC(Cl)c1nc2ccc(Br)cc2n1C(C)C1CCCCC1. The first-order valence-corrected chi connectivity index (χ1v) is 9.12. The molecule has 3 rings (SSSR count). The van der Waals surface area contributed by atoms with Gasteiger partial charge in [0.1, 0.15) is 5.82 Å². The molecule has 1 aliphatic carbocycles. The smallest absolute Gasteiger partial charge is 0.127 e. The van der Waals surface area contributed by atoms with E-state index in [-0.39, 0.29) is 5.38 Å². The first kappa shape index (κ1) is 15.4. The highest BCUT2D eigenvalue weighted by molar-refractivity contribution is 9.10. The first-order valence-electron chi connectivity index (χ1n) is 7.89. The molecule has 21 heavy (non-hydrogen) atoms. The molecule has 1 aromatic heterocycles. The Hall–Kier alpha value is -0.540. The van der Waals surface area contributed by atoms with Crippen molar-refractivity contribution in [2.45, 2.75) is 57.4 Å². The number of rotatable bonds is 3. The number of nitrogens with zero attached hydrogens (tertiary/aromatic N) is 2. The summed E-state index contributed by atoms with van der Waals surface area (Å²) >= 11 is 9.99. The van der Waals surface area contributed by atoms with E-state index in [9.17, 15) is 0 Å². The number of fused-ring (bicyclic) bond motifs is 1. The molecule has 2 nitrogen and oxygen atoms in total. The second-order valence-electron chi connectivity index (χ2n) is 6.23. The molecule has 2 atom stereocenters. The lowest BCUT2D eigenvalue weighted by Crippen LogP contribution is -2.21. The van der Waals surface area contributed by atoms with Gasteiger partial charge in [-0.1, -0.05) is 35.2 Å². The summed E-state index contributed by atoms with van der Waals surface area (Å²) < 4.78 is 3.48. The van der Waals surface area contributed by atoms with Crippen molar-refractivity contribution in [3.63, 3.8) is 0 Å². The molecular formula is C17H22BrClN2. The molecule has 1 aliphatic rings. The van der Waals surface area contributed by atoms with Gasteiger partial charge in [-0.3, -0.25) is 0 Å². The summed E-state index contributed by atoms with van der Waals surface area (Å²) in [5.74, 6) is 1.74. The van der Waals surface area contributed by atoms with Crippen LogP contribution in [0.3, 0.4) is 0 Å². The van der Waals surface area contributed by atoms with Gasteiger partial charge in [-0.2, -0.15) is 0 Å². The second kappa shape index (κ2) is 6.29. The number of hydrogen-bond donors (Lipinski definition) is 0. The largest absolute Gasteiger partial charge is 0.324 e. The molecule has 0 N–H and O–H groups in total. The van der Waals surface area contributed by atoms with Crippen LogP contribution in [-0.4, -0.2) is 9.55 Å². The van der Waals surface area contributed by atoms with Gasteiger partial charge >= 0.3 is 0 Å². The van der Waals surface area contributed by atoms with Gasteiger partial charge in [0.2, 0.25) is 0 Å². The molecule has 4 heteroatoms. The highest BCUT2D eigenvalue weighted by atomic mass is 79.9. The van der Waals surface area contributed by atoms with E-state index in [1.54, 1.807) is 0 Å². The van der Waals surface area contributed by atoms with Crippen LogP contribution in [0.5, 0.6) is 0 Å². The van der Waals surface area contributed by atoms with Crippen LogP contribution in [0.15, 0.2) is 22.7 Å². The average Bonchev–Trinajstić information content (AvgIpc) is 2.86. The van der Waals surface area contributed by atoms with Gasteiger partial charge in [-0.15, -0.1) is 11.6 Å². The molecule has 0 bridgehead atoms. The minimum Gasteiger partial charge on any atom is -0.324 e. The Morgan fingerprint density at radius 3 is 2.62 bits per heavy atom. The monoisotopic (exact) mass is 368 g/mol. The van der Waals surface area contributed by atoms with Crippen LogP contribution < -0.4 is 0 Å². The van der Waals surface area contributed by atoms with Gasteiger partial charge < -0.3 is 4.57 Å². The fraction of sp³-hybridized carbons (Fsp3) is 0.588. The summed E-state index contributed by atoms with van der Waals surface area (Å²) in [6.45, 7) is 4.35. The molecule has 2 aromatic rings. The highest BCUT2D eigenvalue weighted by Crippen LogP contribution is 2.37. The zero-order valence-electron chi connectivity index (χ0n) is 12.6. The molecule has 0 radical (unpaired) electrons. The fourth-order valence-corrected chi connectivity index (χ4v) is 4.12. The van der Waals surface area contributed by atoms with Gasteiger partial charge in [0.05, 0.1) is 16.4 Å². The van der Waals surface area contributed by atoms with Crippen LogP contribution in [-0.2, 0) is 0 Å². The fourth-order valence-electron chi connectivity index (χ4n) is 3.62. The summed E-state index contributed by atoms with van der Waals surface area (Å²) in [6.07, 6.45) is 6.75. The van der Waals surface area contributed by atoms with Crippen molar-refractivity contribution in [2.24, 2.45) is 5.92 Å². The number of aromatic nitrogens is 2. The van der Waals surface area contributed by atoms with Crippen LogP contribution in [0.4, 0.5) is 0 Å². The van der Waals surface area contributed by atoms with Crippen LogP contribution in [0, 0.1) is 5.92 Å². The third-order valence-electron chi connectivity index (χ3n) is 4.77. The third kappa shape index (κ3) is 3.00. The molecule has 0 amide bonds. The van der Waals surface area contributed by atoms with Gasteiger partial charge in [-0.05, 0) is 50.8 Å². The molecule has 1 heterocycles. The molecular weight excluding hydrogens is 348 g/mol. The lowest BCUT2D eigenvalue weighted by molar-refractivity contribution is 0.264. The molecule has 1 fully saturated rings. The average molecular weight is 370 g/mol. The Kier molecular flexibility index (Phi) is 4.60. The van der Waals surface area contributed by atoms with Crippen molar-refractivity contribution >= 4 is 38.6 Å². The zero-order valence-corrected chi connectivity index (χ0v) is 15.0. The van der Waals surface area contributed by atoms with Crippen molar-refractivity contribution in [3.05, 3.63) is 28.5 Å². The molecule has 0 aliphatic heterocycles. The Balaban J connectivity index is 2.09. The Bertz CT molecular complexity index is 629. The van der Waals surface area contributed by atoms with Crippen molar-refractivity contribution in [3.8, 4) is 0 Å². The van der Waals surface area contributed by atoms with Gasteiger partial charge in [0, 0.05) is 10.5 Å². The maximum Gasteiger partial charge on any atom is 0.127 e. The van der Waals surface area contributed by atoms with Gasteiger partial charge in [-0.25, -0.2) is 4.98 Å². The topological polar surface area (TPSA) is 17.8 Å². The zero-order chi connectivity index (χ0) is 15.0. The molecule has 1 aromatic carbocycles. The maximum absolute atomic E-state index is 6.41. The van der Waals surface area contributed by atoms with E-state index in [1.165, 1.54) is 37.6 Å².